The number of anilines is 2. The fraction of sp³-hybridized carbons (Fsp3) is 0.174. The number of aromatic nitrogens is 3. The lowest BCUT2D eigenvalue weighted by Gasteiger charge is -2.14. The molecule has 1 aliphatic heterocycles. The third-order valence-electron chi connectivity index (χ3n) is 5.30. The van der Waals surface area contributed by atoms with Gasteiger partial charge in [0.25, 0.3) is 5.91 Å². The van der Waals surface area contributed by atoms with Gasteiger partial charge in [-0.15, -0.1) is 0 Å². The van der Waals surface area contributed by atoms with Gasteiger partial charge >= 0.3 is 0 Å². The highest BCUT2D eigenvalue weighted by atomic mass is 19.1. The zero-order valence-corrected chi connectivity index (χ0v) is 17.2. The molecule has 2 N–H and O–H groups in total. The van der Waals surface area contributed by atoms with E-state index < -0.39 is 0 Å². The molecule has 0 aliphatic carbocycles. The summed E-state index contributed by atoms with van der Waals surface area (Å²) >= 11 is 0. The Morgan fingerprint density at radius 2 is 2.03 bits per heavy atom. The largest absolute Gasteiger partial charge is 0.348 e. The van der Waals surface area contributed by atoms with Crippen molar-refractivity contribution in [3.63, 3.8) is 0 Å². The van der Waals surface area contributed by atoms with E-state index >= 15 is 0 Å². The second-order valence-electron chi connectivity index (χ2n) is 7.83. The Bertz CT molecular complexity index is 1300. The molecule has 0 fully saturated rings. The Balaban J connectivity index is 1.52. The van der Waals surface area contributed by atoms with Gasteiger partial charge in [0.15, 0.2) is 0 Å². The van der Waals surface area contributed by atoms with E-state index in [4.69, 9.17) is 0 Å². The van der Waals surface area contributed by atoms with Crippen LogP contribution < -0.4 is 10.6 Å². The number of rotatable bonds is 5. The van der Waals surface area contributed by atoms with Gasteiger partial charge < -0.3 is 15.5 Å². The molecule has 0 unspecified atom stereocenters. The number of pyridine rings is 2. The highest BCUT2D eigenvalue weighted by Gasteiger charge is 2.27. The number of nitrogens with one attached hydrogen (secondary N) is 2. The molecule has 4 aromatic rings. The van der Waals surface area contributed by atoms with Crippen molar-refractivity contribution in [1.29, 1.82) is 0 Å². The number of halogens is 1. The maximum Gasteiger partial charge on any atom is 0.254 e. The lowest BCUT2D eigenvalue weighted by molar-refractivity contribution is 0.0966. The van der Waals surface area contributed by atoms with Crippen LogP contribution in [-0.2, 0) is 13.1 Å². The molecule has 0 atom stereocenters. The summed E-state index contributed by atoms with van der Waals surface area (Å²) in [7, 11) is 4.02. The van der Waals surface area contributed by atoms with Crippen molar-refractivity contribution < 1.29 is 9.18 Å². The van der Waals surface area contributed by atoms with Crippen LogP contribution in [-0.4, -0.2) is 39.3 Å². The highest BCUT2D eigenvalue weighted by Crippen LogP contribution is 2.35. The lowest BCUT2D eigenvalue weighted by atomic mass is 9.99. The molecular formula is C23H21FN6O. The van der Waals surface area contributed by atoms with E-state index in [0.29, 0.717) is 29.3 Å². The fourth-order valence-electron chi connectivity index (χ4n) is 3.94. The van der Waals surface area contributed by atoms with Gasteiger partial charge in [-0.2, -0.15) is 0 Å². The number of fused-ring (bicyclic) bond motifs is 2. The van der Waals surface area contributed by atoms with Crippen molar-refractivity contribution in [2.45, 2.75) is 13.1 Å². The molecule has 3 aromatic heterocycles. The summed E-state index contributed by atoms with van der Waals surface area (Å²) in [4.78, 5) is 23.5. The van der Waals surface area contributed by atoms with Crippen molar-refractivity contribution in [3.8, 4) is 11.3 Å². The normalized spacial score (nSPS) is 13.0. The summed E-state index contributed by atoms with van der Waals surface area (Å²) in [5.74, 6) is 0.196. The first-order valence-corrected chi connectivity index (χ1v) is 9.93. The molecule has 4 heterocycles. The molecule has 8 heteroatoms. The average Bonchev–Trinajstić information content (AvgIpc) is 3.33. The van der Waals surface area contributed by atoms with E-state index in [0.717, 1.165) is 28.9 Å². The molecule has 31 heavy (non-hydrogen) atoms. The zero-order chi connectivity index (χ0) is 21.5. The Morgan fingerprint density at radius 3 is 2.81 bits per heavy atom. The van der Waals surface area contributed by atoms with Crippen molar-refractivity contribution >= 4 is 23.1 Å². The number of benzene rings is 1. The number of hydrogen-bond donors (Lipinski definition) is 2. The lowest BCUT2D eigenvalue weighted by Crippen LogP contribution is -2.13. The number of carbonyl (C=O) groups is 1. The molecular weight excluding hydrogens is 395 g/mol. The number of carbonyl (C=O) groups excluding carboxylic acids is 1. The van der Waals surface area contributed by atoms with Crippen LogP contribution in [0.1, 0.15) is 21.5 Å². The summed E-state index contributed by atoms with van der Waals surface area (Å²) in [6.45, 7) is 1.23. The van der Waals surface area contributed by atoms with Crippen LogP contribution in [0, 0.1) is 5.82 Å². The van der Waals surface area contributed by atoms with Gasteiger partial charge in [-0.3, -0.25) is 9.20 Å². The quantitative estimate of drug-likeness (QED) is 0.520. The van der Waals surface area contributed by atoms with Crippen LogP contribution in [0.25, 0.3) is 16.9 Å². The zero-order valence-electron chi connectivity index (χ0n) is 17.2. The molecule has 5 rings (SSSR count). The third kappa shape index (κ3) is 3.51. The van der Waals surface area contributed by atoms with E-state index in [1.165, 1.54) is 12.1 Å². The second-order valence-corrected chi connectivity index (χ2v) is 7.83. The SMILES string of the molecule is CN(C)Cc1ccc(Nc2ccc(-c3cnc4cc(F)ccn34)c3c2C(=O)NC3)nc1. The molecule has 0 bridgehead atoms. The smallest absolute Gasteiger partial charge is 0.254 e. The molecule has 0 saturated carbocycles. The van der Waals surface area contributed by atoms with Gasteiger partial charge in [0, 0.05) is 37.1 Å². The summed E-state index contributed by atoms with van der Waals surface area (Å²) < 4.78 is 15.4. The second kappa shape index (κ2) is 7.48. The maximum atomic E-state index is 13.5. The van der Waals surface area contributed by atoms with Crippen LogP contribution in [0.4, 0.5) is 15.9 Å². The monoisotopic (exact) mass is 416 g/mol. The summed E-state index contributed by atoms with van der Waals surface area (Å²) in [5.41, 5.74) is 5.48. The first-order chi connectivity index (χ1) is 15.0. The molecule has 0 saturated heterocycles. The summed E-state index contributed by atoms with van der Waals surface area (Å²) in [6, 6.07) is 10.5. The Morgan fingerprint density at radius 1 is 1.16 bits per heavy atom. The molecule has 0 spiro atoms. The first kappa shape index (κ1) is 19.2. The van der Waals surface area contributed by atoms with E-state index in [1.54, 1.807) is 12.4 Å². The molecule has 0 radical (unpaired) electrons. The molecule has 1 aromatic carbocycles. The fourth-order valence-corrected chi connectivity index (χ4v) is 3.94. The predicted octanol–water partition coefficient (Wildman–Crippen LogP) is 3.58. The molecule has 156 valence electrons. The summed E-state index contributed by atoms with van der Waals surface area (Å²) in [5, 5.41) is 6.18. The van der Waals surface area contributed by atoms with Crippen molar-refractivity contribution in [2.75, 3.05) is 19.4 Å². The highest BCUT2D eigenvalue weighted by molar-refractivity contribution is 6.06. The minimum Gasteiger partial charge on any atom is -0.348 e. The van der Waals surface area contributed by atoms with Crippen molar-refractivity contribution in [2.24, 2.45) is 0 Å². The molecule has 7 nitrogen and oxygen atoms in total. The van der Waals surface area contributed by atoms with Gasteiger partial charge in [-0.05, 0) is 43.4 Å². The maximum absolute atomic E-state index is 13.5. The Hall–Kier alpha value is -3.78. The number of nitrogens with zero attached hydrogens (tertiary/aromatic N) is 4. The van der Waals surface area contributed by atoms with Gasteiger partial charge in [0.1, 0.15) is 17.3 Å². The van der Waals surface area contributed by atoms with Crippen LogP contribution in [0.3, 0.4) is 0 Å². The third-order valence-corrected chi connectivity index (χ3v) is 5.30. The standard InChI is InChI=1S/C23H21FN6O/c1-29(2)13-14-3-6-20(25-10-14)28-18-5-4-16(17-11-27-23(31)22(17)18)19-12-26-21-9-15(24)7-8-30(19)21/h3-10,12H,11,13H2,1-2H3,(H,25,28)(H,27,31). The number of hydrogen-bond acceptors (Lipinski definition) is 5. The summed E-state index contributed by atoms with van der Waals surface area (Å²) in [6.07, 6.45) is 5.18. The molecule has 1 aliphatic rings. The van der Waals surface area contributed by atoms with Gasteiger partial charge in [-0.1, -0.05) is 12.1 Å². The number of imidazole rings is 1. The average molecular weight is 416 g/mol. The van der Waals surface area contributed by atoms with Gasteiger partial charge in [0.2, 0.25) is 0 Å². The minimum atomic E-state index is -0.338. The van der Waals surface area contributed by atoms with Crippen molar-refractivity contribution in [3.05, 3.63) is 77.5 Å². The Labute approximate surface area is 178 Å². The van der Waals surface area contributed by atoms with Crippen LogP contribution >= 0.6 is 0 Å². The van der Waals surface area contributed by atoms with E-state index in [1.807, 2.05) is 49.0 Å². The molecule has 1 amide bonds. The van der Waals surface area contributed by atoms with Gasteiger partial charge in [-0.25, -0.2) is 14.4 Å². The van der Waals surface area contributed by atoms with Gasteiger partial charge in [0.05, 0.1) is 23.1 Å². The van der Waals surface area contributed by atoms with Crippen LogP contribution in [0.5, 0.6) is 0 Å². The predicted molar refractivity (Wildman–Crippen MR) is 117 cm³/mol. The first-order valence-electron chi connectivity index (χ1n) is 9.93. The van der Waals surface area contributed by atoms with Crippen LogP contribution in [0.15, 0.2) is 55.0 Å². The van der Waals surface area contributed by atoms with E-state index in [2.05, 4.69) is 25.5 Å². The minimum absolute atomic E-state index is 0.136. The van der Waals surface area contributed by atoms with E-state index in [9.17, 15) is 9.18 Å². The topological polar surface area (TPSA) is 74.6 Å². The Kier molecular flexibility index (Phi) is 4.63. The van der Waals surface area contributed by atoms with Crippen LogP contribution in [0.2, 0.25) is 0 Å². The number of amides is 1. The van der Waals surface area contributed by atoms with Crippen molar-refractivity contribution in [1.82, 2.24) is 24.6 Å². The van der Waals surface area contributed by atoms with E-state index in [-0.39, 0.29) is 11.7 Å².